The fourth-order valence-electron chi connectivity index (χ4n) is 3.40. The Hall–Kier alpha value is -4.27. The minimum Gasteiger partial charge on any atom is -0.465 e. The van der Waals surface area contributed by atoms with Crippen molar-refractivity contribution in [1.29, 1.82) is 0 Å². The molecular formula is C23H22N4O5. The predicted octanol–water partition coefficient (Wildman–Crippen LogP) is 3.48. The highest BCUT2D eigenvalue weighted by Crippen LogP contribution is 2.21. The molecule has 0 aliphatic rings. The van der Waals surface area contributed by atoms with E-state index in [0.717, 1.165) is 22.6 Å². The zero-order valence-electron chi connectivity index (χ0n) is 17.9. The Balaban J connectivity index is 1.72. The lowest BCUT2D eigenvalue weighted by atomic mass is 10.1. The van der Waals surface area contributed by atoms with Crippen LogP contribution in [0.25, 0.3) is 5.69 Å². The molecule has 0 bridgehead atoms. The molecule has 3 rings (SSSR count). The van der Waals surface area contributed by atoms with Crippen LogP contribution in [0, 0.1) is 24.0 Å². The van der Waals surface area contributed by atoms with E-state index in [4.69, 9.17) is 4.74 Å². The number of nitro groups is 1. The van der Waals surface area contributed by atoms with Gasteiger partial charge in [-0.15, -0.1) is 0 Å². The largest absolute Gasteiger partial charge is 0.465 e. The van der Waals surface area contributed by atoms with E-state index in [1.807, 2.05) is 36.6 Å². The summed E-state index contributed by atoms with van der Waals surface area (Å²) in [6.45, 7) is 3.85. The van der Waals surface area contributed by atoms with Gasteiger partial charge in [-0.2, -0.15) is 5.10 Å². The Bertz CT molecular complexity index is 1200. The minimum absolute atomic E-state index is 0.103. The summed E-state index contributed by atoms with van der Waals surface area (Å²) in [7, 11) is 1.34. The number of rotatable bonds is 7. The minimum atomic E-state index is -0.515. The first-order valence-corrected chi connectivity index (χ1v) is 9.73. The van der Waals surface area contributed by atoms with E-state index in [1.165, 1.54) is 19.4 Å². The Morgan fingerprint density at radius 1 is 1.16 bits per heavy atom. The monoisotopic (exact) mass is 434 g/mol. The second kappa shape index (κ2) is 9.69. The number of para-hydroxylation sites is 1. The van der Waals surface area contributed by atoms with Crippen LogP contribution in [0.2, 0.25) is 0 Å². The second-order valence-corrected chi connectivity index (χ2v) is 7.06. The number of nitrogens with zero attached hydrogens (tertiary/aromatic N) is 3. The molecule has 0 aliphatic heterocycles. The van der Waals surface area contributed by atoms with Crippen LogP contribution in [0.1, 0.15) is 32.9 Å². The summed E-state index contributed by atoms with van der Waals surface area (Å²) in [5, 5.41) is 15.1. The number of hydrazone groups is 1. The van der Waals surface area contributed by atoms with E-state index < -0.39 is 16.8 Å². The van der Waals surface area contributed by atoms with E-state index >= 15 is 0 Å². The maximum Gasteiger partial charge on any atom is 0.337 e. The lowest BCUT2D eigenvalue weighted by Gasteiger charge is -2.10. The van der Waals surface area contributed by atoms with Gasteiger partial charge in [0.15, 0.2) is 0 Å². The van der Waals surface area contributed by atoms with E-state index in [1.54, 1.807) is 30.3 Å². The molecule has 3 aromatic rings. The van der Waals surface area contributed by atoms with Crippen molar-refractivity contribution in [3.63, 3.8) is 0 Å². The molecule has 0 fully saturated rings. The lowest BCUT2D eigenvalue weighted by Crippen LogP contribution is -2.20. The highest BCUT2D eigenvalue weighted by atomic mass is 16.6. The van der Waals surface area contributed by atoms with Crippen molar-refractivity contribution in [3.05, 3.63) is 92.8 Å². The summed E-state index contributed by atoms with van der Waals surface area (Å²) in [6, 6.07) is 15.0. The maximum absolute atomic E-state index is 12.2. The van der Waals surface area contributed by atoms with Gasteiger partial charge in [0.2, 0.25) is 5.91 Å². The van der Waals surface area contributed by atoms with E-state index in [-0.39, 0.29) is 12.1 Å². The summed E-state index contributed by atoms with van der Waals surface area (Å²) >= 11 is 0. The molecule has 9 heteroatoms. The van der Waals surface area contributed by atoms with Gasteiger partial charge in [0.25, 0.3) is 5.69 Å². The molecule has 1 amide bonds. The van der Waals surface area contributed by atoms with Crippen LogP contribution in [0.3, 0.4) is 0 Å². The first-order chi connectivity index (χ1) is 15.3. The summed E-state index contributed by atoms with van der Waals surface area (Å²) in [6.07, 6.45) is 1.37. The Kier molecular flexibility index (Phi) is 6.79. The molecule has 9 nitrogen and oxygen atoms in total. The number of hydrogen-bond acceptors (Lipinski definition) is 6. The average Bonchev–Trinajstić information content (AvgIpc) is 3.06. The van der Waals surface area contributed by atoms with Gasteiger partial charge in [0.05, 0.1) is 30.2 Å². The number of nitro benzene ring substituents is 1. The number of ether oxygens (including phenoxy) is 1. The van der Waals surface area contributed by atoms with Crippen LogP contribution in [-0.2, 0) is 16.0 Å². The van der Waals surface area contributed by atoms with Gasteiger partial charge in [-0.25, -0.2) is 10.2 Å². The van der Waals surface area contributed by atoms with Gasteiger partial charge in [-0.3, -0.25) is 14.9 Å². The SMILES string of the molecule is COC(=O)c1ccc(-n2c(C)cc(/C=N/NC(=O)Cc3ccccc3[N+](=O)[O-])c2C)cc1. The predicted molar refractivity (Wildman–Crippen MR) is 119 cm³/mol. The molecule has 0 unspecified atom stereocenters. The third kappa shape index (κ3) is 4.89. The van der Waals surface area contributed by atoms with Gasteiger partial charge in [0.1, 0.15) is 0 Å². The quantitative estimate of drug-likeness (QED) is 0.264. The van der Waals surface area contributed by atoms with Gasteiger partial charge in [-0.1, -0.05) is 18.2 Å². The van der Waals surface area contributed by atoms with Crippen molar-refractivity contribution in [2.45, 2.75) is 20.3 Å². The molecule has 32 heavy (non-hydrogen) atoms. The van der Waals surface area contributed by atoms with Gasteiger partial charge in [0, 0.05) is 34.3 Å². The third-order valence-electron chi connectivity index (χ3n) is 4.95. The van der Waals surface area contributed by atoms with Crippen LogP contribution in [0.4, 0.5) is 5.69 Å². The summed E-state index contributed by atoms with van der Waals surface area (Å²) in [5.41, 5.74) is 6.59. The van der Waals surface area contributed by atoms with Crippen molar-refractivity contribution in [1.82, 2.24) is 9.99 Å². The molecule has 0 saturated heterocycles. The zero-order chi connectivity index (χ0) is 23.3. The summed E-state index contributed by atoms with van der Waals surface area (Å²) in [4.78, 5) is 34.4. The topological polar surface area (TPSA) is 116 Å². The number of amides is 1. The van der Waals surface area contributed by atoms with Crippen LogP contribution in [-0.4, -0.2) is 34.7 Å². The Morgan fingerprint density at radius 3 is 2.50 bits per heavy atom. The maximum atomic E-state index is 12.2. The lowest BCUT2D eigenvalue weighted by molar-refractivity contribution is -0.385. The molecule has 1 heterocycles. The number of methoxy groups -OCH3 is 1. The molecule has 0 radical (unpaired) electrons. The highest BCUT2D eigenvalue weighted by molar-refractivity contribution is 5.89. The number of carbonyl (C=O) groups excluding carboxylic acids is 2. The molecule has 0 saturated carbocycles. The number of aromatic nitrogens is 1. The van der Waals surface area contributed by atoms with E-state index in [2.05, 4.69) is 10.5 Å². The van der Waals surface area contributed by atoms with Gasteiger partial charge in [-0.05, 0) is 44.2 Å². The molecule has 2 aromatic carbocycles. The fraction of sp³-hybridized carbons (Fsp3) is 0.174. The molecular weight excluding hydrogens is 412 g/mol. The first-order valence-electron chi connectivity index (χ1n) is 9.73. The van der Waals surface area contributed by atoms with E-state index in [0.29, 0.717) is 11.1 Å². The van der Waals surface area contributed by atoms with Crippen molar-refractivity contribution >= 4 is 23.8 Å². The van der Waals surface area contributed by atoms with Crippen molar-refractivity contribution in [3.8, 4) is 5.69 Å². The van der Waals surface area contributed by atoms with Crippen LogP contribution in [0.15, 0.2) is 59.7 Å². The highest BCUT2D eigenvalue weighted by Gasteiger charge is 2.15. The number of aryl methyl sites for hydroxylation is 1. The standard InChI is InChI=1S/C23H22N4O5/c1-15-12-19(16(2)26(15)20-10-8-17(9-11-20)23(29)32-3)14-24-25-22(28)13-18-6-4-5-7-21(18)27(30)31/h4-12,14H,13H2,1-3H3,(H,25,28)/b24-14+. The number of esters is 1. The first kappa shape index (κ1) is 22.4. The Labute approximate surface area is 184 Å². The van der Waals surface area contributed by atoms with Crippen LogP contribution in [0.5, 0.6) is 0 Å². The third-order valence-corrected chi connectivity index (χ3v) is 4.95. The van der Waals surface area contributed by atoms with Crippen molar-refractivity contribution < 1.29 is 19.2 Å². The summed E-state index contributed by atoms with van der Waals surface area (Å²) in [5.74, 6) is -0.857. The fourth-order valence-corrected chi connectivity index (χ4v) is 3.40. The molecule has 164 valence electrons. The second-order valence-electron chi connectivity index (χ2n) is 7.06. The van der Waals surface area contributed by atoms with Crippen LogP contribution < -0.4 is 5.43 Å². The number of nitrogens with one attached hydrogen (secondary N) is 1. The van der Waals surface area contributed by atoms with Crippen molar-refractivity contribution in [2.24, 2.45) is 5.10 Å². The van der Waals surface area contributed by atoms with Crippen LogP contribution >= 0.6 is 0 Å². The molecule has 0 spiro atoms. The molecule has 0 aliphatic carbocycles. The Morgan fingerprint density at radius 2 is 1.84 bits per heavy atom. The van der Waals surface area contributed by atoms with Gasteiger partial charge < -0.3 is 9.30 Å². The number of hydrogen-bond donors (Lipinski definition) is 1. The number of benzene rings is 2. The summed E-state index contributed by atoms with van der Waals surface area (Å²) < 4.78 is 6.72. The molecule has 1 N–H and O–H groups in total. The smallest absolute Gasteiger partial charge is 0.337 e. The normalized spacial score (nSPS) is 10.8. The molecule has 0 atom stereocenters. The number of carbonyl (C=O) groups is 2. The van der Waals surface area contributed by atoms with Crippen molar-refractivity contribution in [2.75, 3.05) is 7.11 Å². The van der Waals surface area contributed by atoms with Gasteiger partial charge >= 0.3 is 5.97 Å². The zero-order valence-corrected chi connectivity index (χ0v) is 17.9. The van der Waals surface area contributed by atoms with E-state index in [9.17, 15) is 19.7 Å². The average molecular weight is 434 g/mol. The molecule has 1 aromatic heterocycles.